The summed E-state index contributed by atoms with van der Waals surface area (Å²) in [6.45, 7) is 6.42. The van der Waals surface area contributed by atoms with Gasteiger partial charge in [0.05, 0.1) is 0 Å². The van der Waals surface area contributed by atoms with Crippen LogP contribution in [0.15, 0.2) is 22.7 Å². The van der Waals surface area contributed by atoms with Crippen LogP contribution in [-0.4, -0.2) is 31.1 Å². The number of halogens is 1. The Balaban J connectivity index is 2.06. The molecule has 1 fully saturated rings. The van der Waals surface area contributed by atoms with Crippen molar-refractivity contribution in [2.24, 2.45) is 0 Å². The maximum atomic E-state index is 3.67. The highest BCUT2D eigenvalue weighted by Gasteiger charge is 2.12. The maximum Gasteiger partial charge on any atom is 0.0378 e. The molecule has 94 valence electrons. The lowest BCUT2D eigenvalue weighted by molar-refractivity contribution is 0.724. The smallest absolute Gasteiger partial charge is 0.0378 e. The van der Waals surface area contributed by atoms with Gasteiger partial charge in [-0.3, -0.25) is 0 Å². The standard InChI is InChI=1S/C13H19BrN2S/c1-2-15-10-11-3-4-12(9-13(11)14)16-5-7-17-8-6-16/h3-4,9,15H,2,5-8,10H2,1H3. The molecule has 4 heteroatoms. The van der Waals surface area contributed by atoms with Crippen LogP contribution >= 0.6 is 27.7 Å². The first kappa shape index (κ1) is 13.2. The van der Waals surface area contributed by atoms with E-state index < -0.39 is 0 Å². The Morgan fingerprint density at radius 2 is 2.12 bits per heavy atom. The summed E-state index contributed by atoms with van der Waals surface area (Å²) in [7, 11) is 0. The molecule has 1 N–H and O–H groups in total. The van der Waals surface area contributed by atoms with E-state index in [0.717, 1.165) is 13.1 Å². The van der Waals surface area contributed by atoms with Crippen LogP contribution in [0.1, 0.15) is 12.5 Å². The van der Waals surface area contributed by atoms with Gasteiger partial charge in [0.2, 0.25) is 0 Å². The first-order chi connectivity index (χ1) is 8.31. The van der Waals surface area contributed by atoms with Gasteiger partial charge in [-0.15, -0.1) is 0 Å². The number of nitrogens with one attached hydrogen (secondary N) is 1. The molecule has 0 amide bonds. The Labute approximate surface area is 116 Å². The van der Waals surface area contributed by atoms with Crippen molar-refractivity contribution in [3.05, 3.63) is 28.2 Å². The van der Waals surface area contributed by atoms with E-state index in [9.17, 15) is 0 Å². The number of benzene rings is 1. The van der Waals surface area contributed by atoms with Crippen molar-refractivity contribution in [2.75, 3.05) is 36.0 Å². The van der Waals surface area contributed by atoms with Gasteiger partial charge in [-0.25, -0.2) is 0 Å². The van der Waals surface area contributed by atoms with Crippen molar-refractivity contribution in [3.8, 4) is 0 Å². The molecule has 0 aliphatic carbocycles. The molecule has 2 nitrogen and oxygen atoms in total. The third-order valence-electron chi connectivity index (χ3n) is 2.98. The third-order valence-corrected chi connectivity index (χ3v) is 4.66. The van der Waals surface area contributed by atoms with Crippen LogP contribution in [0.25, 0.3) is 0 Å². The summed E-state index contributed by atoms with van der Waals surface area (Å²) in [5, 5.41) is 3.36. The average molecular weight is 315 g/mol. The lowest BCUT2D eigenvalue weighted by Crippen LogP contribution is -2.32. The Hall–Kier alpha value is -0.190. The van der Waals surface area contributed by atoms with Gasteiger partial charge in [0.25, 0.3) is 0 Å². The molecule has 1 heterocycles. The normalized spacial score (nSPS) is 16.2. The monoisotopic (exact) mass is 314 g/mol. The van der Waals surface area contributed by atoms with Gasteiger partial charge >= 0.3 is 0 Å². The first-order valence-corrected chi connectivity index (χ1v) is 8.08. The molecule has 17 heavy (non-hydrogen) atoms. The van der Waals surface area contributed by atoms with Crippen molar-refractivity contribution in [3.63, 3.8) is 0 Å². The highest BCUT2D eigenvalue weighted by molar-refractivity contribution is 9.10. The van der Waals surface area contributed by atoms with E-state index in [2.05, 4.69) is 51.3 Å². The fourth-order valence-corrected chi connectivity index (χ4v) is 3.37. The summed E-state index contributed by atoms with van der Waals surface area (Å²) in [6, 6.07) is 6.72. The van der Waals surface area contributed by atoms with Gasteiger partial charge in [-0.1, -0.05) is 28.9 Å². The second-order valence-electron chi connectivity index (χ2n) is 4.16. The summed E-state index contributed by atoms with van der Waals surface area (Å²) in [5.41, 5.74) is 2.68. The predicted molar refractivity (Wildman–Crippen MR) is 81.1 cm³/mol. The molecular formula is C13H19BrN2S. The minimum atomic E-state index is 0.938. The molecule has 2 rings (SSSR count). The topological polar surface area (TPSA) is 15.3 Å². The zero-order chi connectivity index (χ0) is 12.1. The van der Waals surface area contributed by atoms with E-state index in [4.69, 9.17) is 0 Å². The molecule has 0 unspecified atom stereocenters. The molecular weight excluding hydrogens is 296 g/mol. The van der Waals surface area contributed by atoms with Gasteiger partial charge in [0.1, 0.15) is 0 Å². The predicted octanol–water partition coefficient (Wildman–Crippen LogP) is 3.11. The minimum absolute atomic E-state index is 0.938. The van der Waals surface area contributed by atoms with Crippen molar-refractivity contribution >= 4 is 33.4 Å². The van der Waals surface area contributed by atoms with Gasteiger partial charge in [-0.2, -0.15) is 11.8 Å². The second kappa shape index (κ2) is 6.66. The fourth-order valence-electron chi connectivity index (χ4n) is 1.96. The Morgan fingerprint density at radius 1 is 1.35 bits per heavy atom. The van der Waals surface area contributed by atoms with E-state index in [1.807, 2.05) is 11.8 Å². The summed E-state index contributed by atoms with van der Waals surface area (Å²) >= 11 is 5.72. The molecule has 0 aromatic heterocycles. The zero-order valence-corrected chi connectivity index (χ0v) is 12.6. The number of anilines is 1. The summed E-state index contributed by atoms with van der Waals surface area (Å²) in [5.74, 6) is 2.49. The van der Waals surface area contributed by atoms with E-state index in [1.54, 1.807) is 0 Å². The van der Waals surface area contributed by atoms with Crippen molar-refractivity contribution < 1.29 is 0 Å². The van der Waals surface area contributed by atoms with Crippen LogP contribution in [-0.2, 0) is 6.54 Å². The number of rotatable bonds is 4. The molecule has 0 saturated carbocycles. The highest BCUT2D eigenvalue weighted by Crippen LogP contribution is 2.26. The number of hydrogen-bond donors (Lipinski definition) is 1. The molecule has 1 saturated heterocycles. The SMILES string of the molecule is CCNCc1ccc(N2CCSCC2)cc1Br. The maximum absolute atomic E-state index is 3.67. The quantitative estimate of drug-likeness (QED) is 0.919. The zero-order valence-electron chi connectivity index (χ0n) is 10.2. The van der Waals surface area contributed by atoms with Crippen molar-refractivity contribution in [1.82, 2.24) is 5.32 Å². The van der Waals surface area contributed by atoms with Gasteiger partial charge in [-0.05, 0) is 24.2 Å². The van der Waals surface area contributed by atoms with Gasteiger partial charge in [0.15, 0.2) is 0 Å². The van der Waals surface area contributed by atoms with Crippen LogP contribution in [0.5, 0.6) is 0 Å². The van der Waals surface area contributed by atoms with Crippen LogP contribution in [0.4, 0.5) is 5.69 Å². The van der Waals surface area contributed by atoms with E-state index >= 15 is 0 Å². The summed E-state index contributed by atoms with van der Waals surface area (Å²) < 4.78 is 1.22. The molecule has 1 aromatic carbocycles. The van der Waals surface area contributed by atoms with Crippen LogP contribution in [0, 0.1) is 0 Å². The average Bonchev–Trinajstić information content (AvgIpc) is 2.38. The number of hydrogen-bond acceptors (Lipinski definition) is 3. The largest absolute Gasteiger partial charge is 0.370 e. The molecule has 0 bridgehead atoms. The lowest BCUT2D eigenvalue weighted by Gasteiger charge is -2.29. The van der Waals surface area contributed by atoms with E-state index in [1.165, 1.54) is 40.3 Å². The van der Waals surface area contributed by atoms with Crippen molar-refractivity contribution in [2.45, 2.75) is 13.5 Å². The number of nitrogens with zero attached hydrogens (tertiary/aromatic N) is 1. The Bertz CT molecular complexity index is 364. The number of thioether (sulfide) groups is 1. The Kier molecular flexibility index (Phi) is 5.19. The van der Waals surface area contributed by atoms with E-state index in [0.29, 0.717) is 0 Å². The first-order valence-electron chi connectivity index (χ1n) is 6.13. The molecule has 1 aliphatic rings. The van der Waals surface area contributed by atoms with E-state index in [-0.39, 0.29) is 0 Å². The summed E-state index contributed by atoms with van der Waals surface area (Å²) in [6.07, 6.45) is 0. The highest BCUT2D eigenvalue weighted by atomic mass is 79.9. The Morgan fingerprint density at radius 3 is 2.76 bits per heavy atom. The van der Waals surface area contributed by atoms with Crippen molar-refractivity contribution in [1.29, 1.82) is 0 Å². The molecule has 0 atom stereocenters. The fraction of sp³-hybridized carbons (Fsp3) is 0.538. The van der Waals surface area contributed by atoms with Gasteiger partial charge in [0, 0.05) is 41.3 Å². The van der Waals surface area contributed by atoms with Crippen LogP contribution in [0.2, 0.25) is 0 Å². The molecule has 1 aromatic rings. The summed E-state index contributed by atoms with van der Waals surface area (Å²) in [4.78, 5) is 2.47. The molecule has 0 radical (unpaired) electrons. The molecule has 0 spiro atoms. The second-order valence-corrected chi connectivity index (χ2v) is 6.23. The van der Waals surface area contributed by atoms with Gasteiger partial charge < -0.3 is 10.2 Å². The third kappa shape index (κ3) is 3.63. The minimum Gasteiger partial charge on any atom is -0.370 e. The van der Waals surface area contributed by atoms with Crippen LogP contribution in [0.3, 0.4) is 0 Å². The van der Waals surface area contributed by atoms with Crippen LogP contribution < -0.4 is 10.2 Å². The molecule has 1 aliphatic heterocycles. The lowest BCUT2D eigenvalue weighted by atomic mass is 10.2.